The lowest BCUT2D eigenvalue weighted by atomic mass is 9.92. The predicted octanol–water partition coefficient (Wildman–Crippen LogP) is 3.32. The first-order valence-electron chi connectivity index (χ1n) is 6.37. The minimum Gasteiger partial charge on any atom is -0.329 e. The second-order valence-corrected chi connectivity index (χ2v) is 5.56. The van der Waals surface area contributed by atoms with Gasteiger partial charge in [-0.3, -0.25) is 4.90 Å². The van der Waals surface area contributed by atoms with E-state index in [0.717, 1.165) is 30.6 Å². The van der Waals surface area contributed by atoms with Crippen molar-refractivity contribution >= 4 is 24.0 Å². The monoisotopic (exact) mass is 288 g/mol. The molecule has 2 atom stereocenters. The molecule has 1 aromatic carbocycles. The van der Waals surface area contributed by atoms with Crippen LogP contribution in [0.4, 0.5) is 0 Å². The number of hydrogen-bond acceptors (Lipinski definition) is 2. The van der Waals surface area contributed by atoms with Crippen molar-refractivity contribution in [2.45, 2.75) is 32.4 Å². The van der Waals surface area contributed by atoms with Crippen molar-refractivity contribution in [1.82, 2.24) is 4.90 Å². The molecule has 1 saturated heterocycles. The van der Waals surface area contributed by atoms with Crippen molar-refractivity contribution in [3.8, 4) is 0 Å². The Morgan fingerprint density at radius 3 is 2.89 bits per heavy atom. The second-order valence-electron chi connectivity index (χ2n) is 5.12. The molecule has 2 nitrogen and oxygen atoms in total. The van der Waals surface area contributed by atoms with E-state index in [0.29, 0.717) is 6.04 Å². The highest BCUT2D eigenvalue weighted by Gasteiger charge is 2.24. The standard InChI is InChI=1S/C14H21ClN2.ClH/c1-11-5-6-17(14(7-11)9-16)10-12-3-2-4-13(15)8-12;/h2-4,8,11,14H,5-7,9-10,16H2,1H3;1H. The first-order chi connectivity index (χ1) is 8.19. The maximum atomic E-state index is 6.01. The number of halogens is 2. The topological polar surface area (TPSA) is 29.3 Å². The van der Waals surface area contributed by atoms with E-state index in [9.17, 15) is 0 Å². The zero-order valence-electron chi connectivity index (χ0n) is 10.8. The summed E-state index contributed by atoms with van der Waals surface area (Å²) in [5.41, 5.74) is 7.15. The van der Waals surface area contributed by atoms with Gasteiger partial charge in [0, 0.05) is 24.2 Å². The highest BCUT2D eigenvalue weighted by molar-refractivity contribution is 6.30. The van der Waals surface area contributed by atoms with Gasteiger partial charge in [0.15, 0.2) is 0 Å². The molecular weight excluding hydrogens is 267 g/mol. The molecule has 0 radical (unpaired) electrons. The average Bonchev–Trinajstić information content (AvgIpc) is 2.31. The first kappa shape index (κ1) is 15.8. The quantitative estimate of drug-likeness (QED) is 0.925. The van der Waals surface area contributed by atoms with Gasteiger partial charge >= 0.3 is 0 Å². The van der Waals surface area contributed by atoms with Crippen LogP contribution in [0, 0.1) is 5.92 Å². The van der Waals surface area contributed by atoms with Crippen LogP contribution in [0.2, 0.25) is 5.02 Å². The Bertz CT molecular complexity index is 371. The molecule has 1 aliphatic heterocycles. The van der Waals surface area contributed by atoms with E-state index >= 15 is 0 Å². The molecular formula is C14H22Cl2N2. The molecule has 4 heteroatoms. The number of rotatable bonds is 3. The highest BCUT2D eigenvalue weighted by atomic mass is 35.5. The van der Waals surface area contributed by atoms with Gasteiger partial charge in [0.05, 0.1) is 0 Å². The maximum Gasteiger partial charge on any atom is 0.0409 e. The summed E-state index contributed by atoms with van der Waals surface area (Å²) in [6.45, 7) is 5.19. The highest BCUT2D eigenvalue weighted by Crippen LogP contribution is 2.24. The van der Waals surface area contributed by atoms with E-state index in [-0.39, 0.29) is 12.4 Å². The first-order valence-corrected chi connectivity index (χ1v) is 6.75. The van der Waals surface area contributed by atoms with E-state index in [1.807, 2.05) is 18.2 Å². The van der Waals surface area contributed by atoms with Gasteiger partial charge in [-0.15, -0.1) is 12.4 Å². The molecule has 0 amide bonds. The third-order valence-electron chi connectivity index (χ3n) is 3.65. The van der Waals surface area contributed by atoms with E-state index in [2.05, 4.69) is 17.9 Å². The Balaban J connectivity index is 0.00000162. The summed E-state index contributed by atoms with van der Waals surface area (Å²) >= 11 is 6.01. The molecule has 0 bridgehead atoms. The second kappa shape index (κ2) is 7.34. The summed E-state index contributed by atoms with van der Waals surface area (Å²) in [6.07, 6.45) is 2.49. The van der Waals surface area contributed by atoms with Gasteiger partial charge in [-0.25, -0.2) is 0 Å². The van der Waals surface area contributed by atoms with E-state index < -0.39 is 0 Å². The van der Waals surface area contributed by atoms with Gasteiger partial charge in [-0.1, -0.05) is 30.7 Å². The van der Waals surface area contributed by atoms with Gasteiger partial charge in [0.25, 0.3) is 0 Å². The zero-order valence-corrected chi connectivity index (χ0v) is 12.4. The largest absolute Gasteiger partial charge is 0.329 e. The molecule has 0 aliphatic carbocycles. The molecule has 2 rings (SSSR count). The third kappa shape index (κ3) is 4.13. The van der Waals surface area contributed by atoms with Crippen molar-refractivity contribution in [1.29, 1.82) is 0 Å². The molecule has 18 heavy (non-hydrogen) atoms. The van der Waals surface area contributed by atoms with Crippen LogP contribution in [0.25, 0.3) is 0 Å². The summed E-state index contributed by atoms with van der Waals surface area (Å²) in [5, 5.41) is 0.817. The number of piperidine rings is 1. The predicted molar refractivity (Wildman–Crippen MR) is 80.4 cm³/mol. The average molecular weight is 289 g/mol. The summed E-state index contributed by atoms with van der Waals surface area (Å²) < 4.78 is 0. The van der Waals surface area contributed by atoms with Crippen LogP contribution in [-0.2, 0) is 6.54 Å². The zero-order chi connectivity index (χ0) is 12.3. The van der Waals surface area contributed by atoms with Crippen LogP contribution in [0.5, 0.6) is 0 Å². The lowest BCUT2D eigenvalue weighted by Crippen LogP contribution is -2.45. The lowest BCUT2D eigenvalue weighted by Gasteiger charge is -2.38. The molecule has 0 saturated carbocycles. The number of hydrogen-bond donors (Lipinski definition) is 1. The van der Waals surface area contributed by atoms with E-state index in [1.165, 1.54) is 18.4 Å². The van der Waals surface area contributed by atoms with Crippen molar-refractivity contribution in [2.75, 3.05) is 13.1 Å². The fourth-order valence-electron chi connectivity index (χ4n) is 2.62. The SMILES string of the molecule is CC1CCN(Cc2cccc(Cl)c2)C(CN)C1.Cl. The maximum absolute atomic E-state index is 6.01. The van der Waals surface area contributed by atoms with Crippen molar-refractivity contribution in [3.05, 3.63) is 34.9 Å². The van der Waals surface area contributed by atoms with Crippen LogP contribution < -0.4 is 5.73 Å². The minimum atomic E-state index is 0. The Morgan fingerprint density at radius 1 is 1.44 bits per heavy atom. The summed E-state index contributed by atoms with van der Waals surface area (Å²) in [4.78, 5) is 2.49. The molecule has 1 heterocycles. The molecule has 102 valence electrons. The molecule has 0 spiro atoms. The number of nitrogens with zero attached hydrogens (tertiary/aromatic N) is 1. The van der Waals surface area contributed by atoms with Gasteiger partial charge < -0.3 is 5.73 Å². The Morgan fingerprint density at radius 2 is 2.22 bits per heavy atom. The Labute approximate surface area is 121 Å². The normalized spacial score (nSPS) is 24.6. The van der Waals surface area contributed by atoms with Crippen LogP contribution >= 0.6 is 24.0 Å². The van der Waals surface area contributed by atoms with Gasteiger partial charge in [-0.2, -0.15) is 0 Å². The Kier molecular flexibility index (Phi) is 6.44. The molecule has 1 aromatic rings. The number of likely N-dealkylation sites (tertiary alicyclic amines) is 1. The Hall–Kier alpha value is -0.280. The van der Waals surface area contributed by atoms with E-state index in [1.54, 1.807) is 0 Å². The molecule has 2 unspecified atom stereocenters. The van der Waals surface area contributed by atoms with Gasteiger partial charge in [0.2, 0.25) is 0 Å². The fraction of sp³-hybridized carbons (Fsp3) is 0.571. The van der Waals surface area contributed by atoms with E-state index in [4.69, 9.17) is 17.3 Å². The summed E-state index contributed by atoms with van der Waals surface area (Å²) in [7, 11) is 0. The van der Waals surface area contributed by atoms with Crippen LogP contribution in [-0.4, -0.2) is 24.0 Å². The van der Waals surface area contributed by atoms with Gasteiger partial charge in [-0.05, 0) is 43.0 Å². The van der Waals surface area contributed by atoms with Crippen molar-refractivity contribution < 1.29 is 0 Å². The number of nitrogens with two attached hydrogens (primary N) is 1. The summed E-state index contributed by atoms with van der Waals surface area (Å²) in [6, 6.07) is 8.65. The van der Waals surface area contributed by atoms with Crippen molar-refractivity contribution in [2.24, 2.45) is 11.7 Å². The van der Waals surface area contributed by atoms with Crippen LogP contribution in [0.15, 0.2) is 24.3 Å². The molecule has 0 aromatic heterocycles. The lowest BCUT2D eigenvalue weighted by molar-refractivity contribution is 0.115. The smallest absolute Gasteiger partial charge is 0.0409 e. The van der Waals surface area contributed by atoms with Gasteiger partial charge in [0.1, 0.15) is 0 Å². The minimum absolute atomic E-state index is 0. The van der Waals surface area contributed by atoms with Crippen LogP contribution in [0.1, 0.15) is 25.3 Å². The van der Waals surface area contributed by atoms with Crippen LogP contribution in [0.3, 0.4) is 0 Å². The third-order valence-corrected chi connectivity index (χ3v) is 3.88. The molecule has 1 aliphatic rings. The molecule has 2 N–H and O–H groups in total. The van der Waals surface area contributed by atoms with Crippen molar-refractivity contribution in [3.63, 3.8) is 0 Å². The number of benzene rings is 1. The fourth-order valence-corrected chi connectivity index (χ4v) is 2.84. The molecule has 1 fully saturated rings. The summed E-state index contributed by atoms with van der Waals surface area (Å²) in [5.74, 6) is 0.805.